The highest BCUT2D eigenvalue weighted by molar-refractivity contribution is 5.98. The zero-order chi connectivity index (χ0) is 16.0. The van der Waals surface area contributed by atoms with Gasteiger partial charge in [0.25, 0.3) is 5.91 Å². The highest BCUT2D eigenvalue weighted by Crippen LogP contribution is 2.37. The second kappa shape index (κ2) is 5.05. The van der Waals surface area contributed by atoms with E-state index in [1.807, 2.05) is 36.1 Å². The Kier molecular flexibility index (Phi) is 3.11. The summed E-state index contributed by atoms with van der Waals surface area (Å²) in [6.07, 6.45) is 3.22. The molecule has 1 atom stereocenters. The third kappa shape index (κ3) is 2.36. The number of benzene rings is 1. The Balaban J connectivity index is 1.60. The van der Waals surface area contributed by atoms with Gasteiger partial charge in [-0.2, -0.15) is 0 Å². The van der Waals surface area contributed by atoms with Crippen molar-refractivity contribution in [3.63, 3.8) is 0 Å². The van der Waals surface area contributed by atoms with Crippen LogP contribution in [-0.2, 0) is 4.79 Å². The van der Waals surface area contributed by atoms with Crippen molar-refractivity contribution < 1.29 is 9.59 Å². The Morgan fingerprint density at radius 2 is 2.22 bits per heavy atom. The van der Waals surface area contributed by atoms with Gasteiger partial charge >= 0.3 is 0 Å². The van der Waals surface area contributed by atoms with E-state index in [-0.39, 0.29) is 17.2 Å². The van der Waals surface area contributed by atoms with Crippen molar-refractivity contribution in [2.75, 3.05) is 19.6 Å². The molecule has 2 aromatic rings. The van der Waals surface area contributed by atoms with Crippen LogP contribution in [0.4, 0.5) is 0 Å². The molecule has 5 nitrogen and oxygen atoms in total. The van der Waals surface area contributed by atoms with Crippen molar-refractivity contribution in [2.24, 2.45) is 5.41 Å². The molecule has 2 saturated heterocycles. The smallest absolute Gasteiger partial charge is 0.253 e. The van der Waals surface area contributed by atoms with Crippen molar-refractivity contribution in [3.05, 3.63) is 41.6 Å². The monoisotopic (exact) mass is 309 g/mol. The molecular formula is C18H19N3O2. The largest absolute Gasteiger partial charge is 0.355 e. The number of aryl methyl sites for hydroxylation is 1. The number of hydrogen-bond acceptors (Lipinski definition) is 3. The number of aromatic nitrogens is 1. The maximum Gasteiger partial charge on any atom is 0.253 e. The van der Waals surface area contributed by atoms with Crippen LogP contribution in [0.15, 0.2) is 30.5 Å². The summed E-state index contributed by atoms with van der Waals surface area (Å²) in [6.45, 7) is 4.10. The third-order valence-electron chi connectivity index (χ3n) is 5.13. The molecule has 5 heteroatoms. The number of hydrogen-bond donors (Lipinski definition) is 1. The maximum absolute atomic E-state index is 12.8. The average molecular weight is 309 g/mol. The first-order chi connectivity index (χ1) is 11.1. The van der Waals surface area contributed by atoms with Gasteiger partial charge < -0.3 is 10.2 Å². The van der Waals surface area contributed by atoms with Gasteiger partial charge in [-0.15, -0.1) is 0 Å². The van der Waals surface area contributed by atoms with E-state index in [0.29, 0.717) is 25.1 Å². The minimum Gasteiger partial charge on any atom is -0.355 e. The number of carbonyl (C=O) groups excluding carboxylic acids is 2. The van der Waals surface area contributed by atoms with Crippen molar-refractivity contribution in [3.8, 4) is 0 Å². The van der Waals surface area contributed by atoms with Gasteiger partial charge in [-0.3, -0.25) is 14.6 Å². The number of likely N-dealkylation sites (tertiary alicyclic amines) is 1. The molecule has 2 amide bonds. The molecule has 1 aromatic heterocycles. The molecule has 1 spiro atoms. The van der Waals surface area contributed by atoms with Gasteiger partial charge in [0.2, 0.25) is 5.91 Å². The van der Waals surface area contributed by atoms with Gasteiger partial charge in [-0.1, -0.05) is 0 Å². The van der Waals surface area contributed by atoms with Gasteiger partial charge in [-0.05, 0) is 43.2 Å². The van der Waals surface area contributed by atoms with Gasteiger partial charge in [0.05, 0.1) is 5.52 Å². The van der Waals surface area contributed by atoms with Crippen molar-refractivity contribution >= 4 is 22.7 Å². The zero-order valence-electron chi connectivity index (χ0n) is 13.1. The van der Waals surface area contributed by atoms with Gasteiger partial charge in [-0.25, -0.2) is 0 Å². The normalized spacial score (nSPS) is 23.7. The van der Waals surface area contributed by atoms with E-state index in [0.717, 1.165) is 29.4 Å². The Morgan fingerprint density at radius 1 is 1.35 bits per heavy atom. The summed E-state index contributed by atoms with van der Waals surface area (Å²) in [4.78, 5) is 30.6. The van der Waals surface area contributed by atoms with Crippen LogP contribution in [0.2, 0.25) is 0 Å². The lowest BCUT2D eigenvalue weighted by molar-refractivity contribution is -0.119. The molecule has 1 unspecified atom stereocenters. The topological polar surface area (TPSA) is 62.3 Å². The van der Waals surface area contributed by atoms with Gasteiger partial charge in [0.1, 0.15) is 0 Å². The number of carbonyl (C=O) groups is 2. The fourth-order valence-electron chi connectivity index (χ4n) is 3.75. The molecule has 2 fully saturated rings. The molecule has 1 aromatic carbocycles. The summed E-state index contributed by atoms with van der Waals surface area (Å²) in [6, 6.07) is 7.64. The molecule has 2 aliphatic rings. The van der Waals surface area contributed by atoms with Crippen molar-refractivity contribution in [1.29, 1.82) is 0 Å². The number of rotatable bonds is 1. The second-order valence-electron chi connectivity index (χ2n) is 6.79. The van der Waals surface area contributed by atoms with Crippen LogP contribution >= 0.6 is 0 Å². The summed E-state index contributed by atoms with van der Waals surface area (Å²) in [5.74, 6) is 0.151. The number of nitrogens with zero attached hydrogens (tertiary/aromatic N) is 2. The standard InChI is InChI=1S/C18H19N3O2/c1-12-4-6-19-15-3-2-13(8-14(12)15)17(23)21-7-5-18(11-21)9-16(22)20-10-18/h2-4,6,8H,5,7,9-11H2,1H3,(H,20,22). The molecule has 1 N–H and O–H groups in total. The fourth-order valence-corrected chi connectivity index (χ4v) is 3.75. The number of pyridine rings is 1. The Bertz CT molecular complexity index is 817. The molecule has 23 heavy (non-hydrogen) atoms. The quantitative estimate of drug-likeness (QED) is 0.875. The summed E-state index contributed by atoms with van der Waals surface area (Å²) < 4.78 is 0. The Hall–Kier alpha value is -2.43. The molecule has 0 bridgehead atoms. The summed E-state index contributed by atoms with van der Waals surface area (Å²) in [7, 11) is 0. The van der Waals surface area contributed by atoms with Crippen LogP contribution in [0.25, 0.3) is 10.9 Å². The molecule has 118 valence electrons. The second-order valence-corrected chi connectivity index (χ2v) is 6.79. The minimum absolute atomic E-state index is 0.0476. The minimum atomic E-state index is -0.0545. The predicted octanol–water partition coefficient (Wildman–Crippen LogP) is 1.90. The lowest BCUT2D eigenvalue weighted by atomic mass is 9.86. The first-order valence-electron chi connectivity index (χ1n) is 7.98. The van der Waals surface area contributed by atoms with Gasteiger partial charge in [0.15, 0.2) is 0 Å². The third-order valence-corrected chi connectivity index (χ3v) is 5.13. The summed E-state index contributed by atoms with van der Waals surface area (Å²) in [5, 5.41) is 3.92. The molecule has 4 rings (SSSR count). The lowest BCUT2D eigenvalue weighted by Crippen LogP contribution is -2.33. The van der Waals surface area contributed by atoms with Crippen molar-refractivity contribution in [2.45, 2.75) is 19.8 Å². The van der Waals surface area contributed by atoms with Crippen LogP contribution in [0.5, 0.6) is 0 Å². The lowest BCUT2D eigenvalue weighted by Gasteiger charge is -2.22. The maximum atomic E-state index is 12.8. The number of amides is 2. The van der Waals surface area contributed by atoms with E-state index in [1.165, 1.54) is 0 Å². The SMILES string of the molecule is Cc1ccnc2ccc(C(=O)N3CCC4(CNC(=O)C4)C3)cc12. The molecular weight excluding hydrogens is 290 g/mol. The van der Waals surface area contributed by atoms with E-state index >= 15 is 0 Å². The number of fused-ring (bicyclic) bond motifs is 1. The predicted molar refractivity (Wildman–Crippen MR) is 87.1 cm³/mol. The van der Waals surface area contributed by atoms with E-state index in [2.05, 4.69) is 10.3 Å². The van der Waals surface area contributed by atoms with E-state index in [4.69, 9.17) is 0 Å². The van der Waals surface area contributed by atoms with Crippen molar-refractivity contribution in [1.82, 2.24) is 15.2 Å². The first-order valence-corrected chi connectivity index (χ1v) is 7.98. The zero-order valence-corrected chi connectivity index (χ0v) is 13.1. The van der Waals surface area contributed by atoms with Crippen LogP contribution in [-0.4, -0.2) is 41.3 Å². The molecule has 0 radical (unpaired) electrons. The highest BCUT2D eigenvalue weighted by atomic mass is 16.2. The summed E-state index contributed by atoms with van der Waals surface area (Å²) in [5.41, 5.74) is 2.67. The highest BCUT2D eigenvalue weighted by Gasteiger charge is 2.45. The Morgan fingerprint density at radius 3 is 3.00 bits per heavy atom. The molecule has 2 aliphatic heterocycles. The van der Waals surface area contributed by atoms with E-state index in [9.17, 15) is 9.59 Å². The summed E-state index contributed by atoms with van der Waals surface area (Å²) >= 11 is 0. The molecule has 3 heterocycles. The van der Waals surface area contributed by atoms with Gasteiger partial charge in [0, 0.05) is 48.6 Å². The van der Waals surface area contributed by atoms with Crippen LogP contribution in [0.1, 0.15) is 28.8 Å². The first kappa shape index (κ1) is 14.2. The fraction of sp³-hybridized carbons (Fsp3) is 0.389. The molecule has 0 saturated carbocycles. The van der Waals surface area contributed by atoms with E-state index in [1.54, 1.807) is 6.20 Å². The average Bonchev–Trinajstić information content (AvgIpc) is 3.13. The number of nitrogens with one attached hydrogen (secondary N) is 1. The van der Waals surface area contributed by atoms with Crippen LogP contribution < -0.4 is 5.32 Å². The van der Waals surface area contributed by atoms with E-state index < -0.39 is 0 Å². The van der Waals surface area contributed by atoms with Crippen LogP contribution in [0, 0.1) is 12.3 Å². The van der Waals surface area contributed by atoms with Crippen LogP contribution in [0.3, 0.4) is 0 Å². The Labute approximate surface area is 134 Å². The molecule has 0 aliphatic carbocycles.